The van der Waals surface area contributed by atoms with Crippen molar-refractivity contribution in [2.24, 2.45) is 0 Å². The molecule has 6 heteroatoms. The number of ether oxygens (including phenoxy) is 1. The molecular formula is C20H26N4O2. The number of hydrogen-bond acceptors (Lipinski definition) is 5. The van der Waals surface area contributed by atoms with E-state index in [0.29, 0.717) is 6.54 Å². The van der Waals surface area contributed by atoms with Gasteiger partial charge in [-0.05, 0) is 42.3 Å². The van der Waals surface area contributed by atoms with Crippen LogP contribution in [-0.4, -0.2) is 60.5 Å². The summed E-state index contributed by atoms with van der Waals surface area (Å²) in [5.41, 5.74) is 3.23. The number of pyridine rings is 1. The Morgan fingerprint density at radius 2 is 1.81 bits per heavy atom. The van der Waals surface area contributed by atoms with E-state index < -0.39 is 0 Å². The molecule has 0 radical (unpaired) electrons. The molecule has 1 saturated heterocycles. The molecule has 1 N–H and O–H groups in total. The lowest BCUT2D eigenvalue weighted by Crippen LogP contribution is -2.48. The Balaban J connectivity index is 1.42. The van der Waals surface area contributed by atoms with Gasteiger partial charge >= 0.3 is 0 Å². The largest absolute Gasteiger partial charge is 0.497 e. The van der Waals surface area contributed by atoms with Crippen LogP contribution in [0.1, 0.15) is 11.1 Å². The smallest absolute Gasteiger partial charge is 0.238 e. The third-order valence-corrected chi connectivity index (χ3v) is 4.54. The first kappa shape index (κ1) is 18.4. The highest BCUT2D eigenvalue weighted by atomic mass is 16.5. The van der Waals surface area contributed by atoms with Crippen molar-refractivity contribution in [1.82, 2.24) is 14.8 Å². The lowest BCUT2D eigenvalue weighted by Gasteiger charge is -2.34. The minimum absolute atomic E-state index is 0.0199. The number of aryl methyl sites for hydroxylation is 1. The van der Waals surface area contributed by atoms with Crippen molar-refractivity contribution < 1.29 is 9.53 Å². The van der Waals surface area contributed by atoms with Gasteiger partial charge in [0.1, 0.15) is 5.75 Å². The molecular weight excluding hydrogens is 328 g/mol. The minimum Gasteiger partial charge on any atom is -0.497 e. The van der Waals surface area contributed by atoms with Gasteiger partial charge in [0, 0.05) is 50.8 Å². The van der Waals surface area contributed by atoms with Crippen molar-refractivity contribution in [2.45, 2.75) is 13.5 Å². The van der Waals surface area contributed by atoms with Crippen molar-refractivity contribution in [1.29, 1.82) is 0 Å². The Hall–Kier alpha value is -2.44. The first-order valence-electron chi connectivity index (χ1n) is 8.91. The zero-order chi connectivity index (χ0) is 18.4. The van der Waals surface area contributed by atoms with E-state index in [9.17, 15) is 4.79 Å². The number of rotatable bonds is 6. The number of carbonyl (C=O) groups is 1. The summed E-state index contributed by atoms with van der Waals surface area (Å²) in [4.78, 5) is 21.1. The Morgan fingerprint density at radius 1 is 1.12 bits per heavy atom. The molecule has 1 aromatic heterocycles. The van der Waals surface area contributed by atoms with Crippen molar-refractivity contribution in [3.63, 3.8) is 0 Å². The first-order valence-corrected chi connectivity index (χ1v) is 8.91. The van der Waals surface area contributed by atoms with Crippen LogP contribution in [0.3, 0.4) is 0 Å². The summed E-state index contributed by atoms with van der Waals surface area (Å²) >= 11 is 0. The maximum Gasteiger partial charge on any atom is 0.238 e. The SMILES string of the molecule is COc1ccc(NC(=O)CN2CCN(Cc3cncc(C)c3)CC2)cc1. The normalized spacial score (nSPS) is 15.6. The maximum atomic E-state index is 12.2. The fourth-order valence-electron chi connectivity index (χ4n) is 3.15. The van der Waals surface area contributed by atoms with Crippen LogP contribution < -0.4 is 10.1 Å². The summed E-state index contributed by atoms with van der Waals surface area (Å²) < 4.78 is 5.13. The van der Waals surface area contributed by atoms with Crippen LogP contribution in [0.25, 0.3) is 0 Å². The summed E-state index contributed by atoms with van der Waals surface area (Å²) in [5.74, 6) is 0.800. The second-order valence-electron chi connectivity index (χ2n) is 6.70. The molecule has 1 aliphatic rings. The van der Waals surface area contributed by atoms with Crippen LogP contribution in [0.5, 0.6) is 5.75 Å². The average Bonchev–Trinajstić information content (AvgIpc) is 2.64. The molecule has 0 bridgehead atoms. The molecule has 26 heavy (non-hydrogen) atoms. The van der Waals surface area contributed by atoms with Crippen LogP contribution in [-0.2, 0) is 11.3 Å². The Labute approximate surface area is 154 Å². The highest BCUT2D eigenvalue weighted by molar-refractivity contribution is 5.92. The molecule has 138 valence electrons. The first-order chi connectivity index (χ1) is 12.6. The van der Waals surface area contributed by atoms with E-state index in [1.54, 1.807) is 7.11 Å². The molecule has 0 spiro atoms. The Bertz CT molecular complexity index is 725. The number of methoxy groups -OCH3 is 1. The number of nitrogens with zero attached hydrogens (tertiary/aromatic N) is 3. The highest BCUT2D eigenvalue weighted by Crippen LogP contribution is 2.15. The van der Waals surface area contributed by atoms with Crippen LogP contribution in [0.2, 0.25) is 0 Å². The quantitative estimate of drug-likeness (QED) is 0.861. The molecule has 1 amide bonds. The third kappa shape index (κ3) is 5.28. The summed E-state index contributed by atoms with van der Waals surface area (Å²) in [6.45, 7) is 7.13. The molecule has 2 aromatic rings. The molecule has 6 nitrogen and oxygen atoms in total. The summed E-state index contributed by atoms with van der Waals surface area (Å²) in [6.07, 6.45) is 3.81. The van der Waals surface area contributed by atoms with Crippen molar-refractivity contribution in [2.75, 3.05) is 45.2 Å². The zero-order valence-electron chi connectivity index (χ0n) is 15.4. The van der Waals surface area contributed by atoms with Gasteiger partial charge in [0.05, 0.1) is 13.7 Å². The number of benzene rings is 1. The molecule has 3 rings (SSSR count). The molecule has 1 aromatic carbocycles. The van der Waals surface area contributed by atoms with E-state index in [1.165, 1.54) is 11.1 Å². The average molecular weight is 354 g/mol. The van der Waals surface area contributed by atoms with E-state index in [1.807, 2.05) is 36.7 Å². The predicted octanol–water partition coefficient (Wildman–Crippen LogP) is 2.15. The number of anilines is 1. The number of hydrogen-bond donors (Lipinski definition) is 1. The van der Waals surface area contributed by atoms with Gasteiger partial charge in [-0.25, -0.2) is 0 Å². The monoisotopic (exact) mass is 354 g/mol. The highest BCUT2D eigenvalue weighted by Gasteiger charge is 2.19. The van der Waals surface area contributed by atoms with Gasteiger partial charge in [0.2, 0.25) is 5.91 Å². The number of amides is 1. The van der Waals surface area contributed by atoms with E-state index >= 15 is 0 Å². The fraction of sp³-hybridized carbons (Fsp3) is 0.400. The number of nitrogens with one attached hydrogen (secondary N) is 1. The summed E-state index contributed by atoms with van der Waals surface area (Å²) in [6, 6.07) is 9.57. The van der Waals surface area contributed by atoms with Crippen LogP contribution in [0.15, 0.2) is 42.7 Å². The van der Waals surface area contributed by atoms with E-state index in [2.05, 4.69) is 33.1 Å². The summed E-state index contributed by atoms with van der Waals surface area (Å²) in [5, 5.41) is 2.94. The van der Waals surface area contributed by atoms with Gasteiger partial charge in [0.15, 0.2) is 0 Å². The molecule has 2 heterocycles. The topological polar surface area (TPSA) is 57.7 Å². The van der Waals surface area contributed by atoms with E-state index in [4.69, 9.17) is 4.74 Å². The molecule has 0 atom stereocenters. The van der Waals surface area contributed by atoms with Gasteiger partial charge in [0.25, 0.3) is 0 Å². The van der Waals surface area contributed by atoms with Crippen LogP contribution >= 0.6 is 0 Å². The van der Waals surface area contributed by atoms with Crippen LogP contribution in [0.4, 0.5) is 5.69 Å². The van der Waals surface area contributed by atoms with Crippen LogP contribution in [0, 0.1) is 6.92 Å². The van der Waals surface area contributed by atoms with Gasteiger partial charge < -0.3 is 10.1 Å². The Morgan fingerprint density at radius 3 is 2.46 bits per heavy atom. The number of carbonyl (C=O) groups excluding carboxylic acids is 1. The second kappa shape index (κ2) is 8.78. The number of aromatic nitrogens is 1. The molecule has 0 saturated carbocycles. The third-order valence-electron chi connectivity index (χ3n) is 4.54. The van der Waals surface area contributed by atoms with Crippen molar-refractivity contribution in [3.8, 4) is 5.75 Å². The maximum absolute atomic E-state index is 12.2. The van der Waals surface area contributed by atoms with Crippen molar-refractivity contribution in [3.05, 3.63) is 53.9 Å². The lowest BCUT2D eigenvalue weighted by atomic mass is 10.2. The van der Waals surface area contributed by atoms with E-state index in [0.717, 1.165) is 44.2 Å². The van der Waals surface area contributed by atoms with E-state index in [-0.39, 0.29) is 5.91 Å². The van der Waals surface area contributed by atoms with Gasteiger partial charge in [-0.3, -0.25) is 19.6 Å². The Kier molecular flexibility index (Phi) is 6.20. The predicted molar refractivity (Wildman–Crippen MR) is 102 cm³/mol. The minimum atomic E-state index is 0.0199. The molecule has 1 aliphatic heterocycles. The summed E-state index contributed by atoms with van der Waals surface area (Å²) in [7, 11) is 1.63. The molecule has 0 unspecified atom stereocenters. The fourth-order valence-corrected chi connectivity index (χ4v) is 3.15. The van der Waals surface area contributed by atoms with Gasteiger partial charge in [-0.15, -0.1) is 0 Å². The number of piperazine rings is 1. The standard InChI is InChI=1S/C20H26N4O2/c1-16-11-17(13-21-12-16)14-23-7-9-24(10-8-23)15-20(25)22-18-3-5-19(26-2)6-4-18/h3-6,11-13H,7-10,14-15H2,1-2H3,(H,22,25). The lowest BCUT2D eigenvalue weighted by molar-refractivity contribution is -0.117. The zero-order valence-corrected chi connectivity index (χ0v) is 15.4. The van der Waals surface area contributed by atoms with Gasteiger partial charge in [-0.1, -0.05) is 6.07 Å². The molecule has 1 fully saturated rings. The van der Waals surface area contributed by atoms with Gasteiger partial charge in [-0.2, -0.15) is 0 Å². The molecule has 0 aliphatic carbocycles. The second-order valence-corrected chi connectivity index (χ2v) is 6.70. The van der Waals surface area contributed by atoms with Crippen molar-refractivity contribution >= 4 is 11.6 Å².